The topological polar surface area (TPSA) is 79.2 Å². The molecule has 3 N–H and O–H groups in total. The van der Waals surface area contributed by atoms with Crippen LogP contribution >= 0.6 is 0 Å². The number of benzene rings is 1. The van der Waals surface area contributed by atoms with Gasteiger partial charge in [-0.15, -0.1) is 0 Å². The Bertz CT molecular complexity index is 658. The molecule has 1 amide bonds. The average molecular weight is 269 g/mol. The van der Waals surface area contributed by atoms with E-state index in [1.54, 1.807) is 29.2 Å². The van der Waals surface area contributed by atoms with Crippen molar-refractivity contribution in [2.24, 2.45) is 0 Å². The number of nitrogens with one attached hydrogen (secondary N) is 1. The van der Waals surface area contributed by atoms with Crippen LogP contribution in [0.15, 0.2) is 30.3 Å². The Kier molecular flexibility index (Phi) is 3.02. The maximum Gasteiger partial charge on any atom is 0.254 e. The molecule has 0 unspecified atom stereocenters. The van der Waals surface area contributed by atoms with E-state index < -0.39 is 0 Å². The van der Waals surface area contributed by atoms with E-state index in [0.29, 0.717) is 30.0 Å². The Labute approximate surface area is 116 Å². The molecule has 0 radical (unpaired) electrons. The first-order valence-corrected chi connectivity index (χ1v) is 6.48. The normalized spacial score (nSPS) is 13.9. The third kappa shape index (κ3) is 2.18. The van der Waals surface area contributed by atoms with Crippen molar-refractivity contribution in [1.29, 1.82) is 0 Å². The molecule has 2 aromatic rings. The van der Waals surface area contributed by atoms with E-state index in [2.05, 4.69) is 4.98 Å². The first-order valence-electron chi connectivity index (χ1n) is 6.48. The van der Waals surface area contributed by atoms with E-state index in [1.165, 1.54) is 0 Å². The molecule has 0 spiro atoms. The molecule has 3 rings (SSSR count). The molecule has 102 valence electrons. The molecule has 2 heterocycles. The van der Waals surface area contributed by atoms with E-state index in [4.69, 9.17) is 5.73 Å². The van der Waals surface area contributed by atoms with Crippen LogP contribution in [0.4, 0.5) is 5.69 Å². The van der Waals surface area contributed by atoms with Crippen LogP contribution in [0.2, 0.25) is 0 Å². The van der Waals surface area contributed by atoms with E-state index in [9.17, 15) is 9.59 Å². The zero-order chi connectivity index (χ0) is 14.1. The highest BCUT2D eigenvalue weighted by Gasteiger charge is 2.23. The quantitative estimate of drug-likeness (QED) is 0.642. The first-order chi connectivity index (χ1) is 9.67. The van der Waals surface area contributed by atoms with Crippen molar-refractivity contribution in [3.63, 3.8) is 0 Å². The van der Waals surface area contributed by atoms with E-state index >= 15 is 0 Å². The second kappa shape index (κ2) is 4.85. The molecule has 5 nitrogen and oxygen atoms in total. The number of carbonyl (C=O) groups excluding carboxylic acids is 2. The van der Waals surface area contributed by atoms with Crippen molar-refractivity contribution in [2.75, 3.05) is 12.3 Å². The zero-order valence-electron chi connectivity index (χ0n) is 10.9. The fourth-order valence-electron chi connectivity index (χ4n) is 2.51. The van der Waals surface area contributed by atoms with Gasteiger partial charge in [-0.2, -0.15) is 0 Å². The van der Waals surface area contributed by atoms with Crippen molar-refractivity contribution < 1.29 is 9.59 Å². The molecule has 1 aromatic carbocycles. The number of aromatic nitrogens is 1. The minimum atomic E-state index is -0.00972. The number of aldehydes is 1. The van der Waals surface area contributed by atoms with Gasteiger partial charge in [-0.3, -0.25) is 9.59 Å². The molecular weight excluding hydrogens is 254 g/mol. The molecular formula is C15H15N3O2. The van der Waals surface area contributed by atoms with Gasteiger partial charge in [-0.05, 0) is 35.9 Å². The number of carbonyl (C=O) groups is 2. The molecule has 0 fully saturated rings. The van der Waals surface area contributed by atoms with Crippen molar-refractivity contribution in [3.05, 3.63) is 52.8 Å². The predicted octanol–water partition coefficient (Wildman–Crippen LogP) is 1.61. The van der Waals surface area contributed by atoms with Gasteiger partial charge in [-0.1, -0.05) is 0 Å². The van der Waals surface area contributed by atoms with Gasteiger partial charge in [0.15, 0.2) is 6.29 Å². The molecule has 0 bridgehead atoms. The highest BCUT2D eigenvalue weighted by molar-refractivity contribution is 5.94. The number of fused-ring (bicyclic) bond motifs is 1. The van der Waals surface area contributed by atoms with Crippen LogP contribution in [0, 0.1) is 0 Å². The van der Waals surface area contributed by atoms with Crippen molar-refractivity contribution in [3.8, 4) is 0 Å². The maximum absolute atomic E-state index is 12.4. The molecule has 0 atom stereocenters. The number of anilines is 1. The molecule has 5 heteroatoms. The lowest BCUT2D eigenvalue weighted by Gasteiger charge is -2.27. The lowest BCUT2D eigenvalue weighted by molar-refractivity contribution is 0.0734. The molecule has 0 saturated heterocycles. The first kappa shape index (κ1) is 12.5. The number of hydrogen-bond donors (Lipinski definition) is 2. The minimum absolute atomic E-state index is 0.00972. The lowest BCUT2D eigenvalue weighted by Crippen LogP contribution is -2.35. The third-order valence-corrected chi connectivity index (χ3v) is 3.58. The number of nitrogens with two attached hydrogens (primary N) is 1. The Balaban J connectivity index is 1.80. The van der Waals surface area contributed by atoms with Crippen LogP contribution in [0.5, 0.6) is 0 Å². The number of aromatic amines is 1. The monoisotopic (exact) mass is 269 g/mol. The van der Waals surface area contributed by atoms with E-state index in [-0.39, 0.29) is 5.91 Å². The number of hydrogen-bond acceptors (Lipinski definition) is 3. The zero-order valence-corrected chi connectivity index (χ0v) is 10.9. The van der Waals surface area contributed by atoms with Gasteiger partial charge in [0, 0.05) is 36.5 Å². The van der Waals surface area contributed by atoms with Crippen LogP contribution in [0.25, 0.3) is 0 Å². The van der Waals surface area contributed by atoms with Gasteiger partial charge in [-0.25, -0.2) is 0 Å². The minimum Gasteiger partial charge on any atom is -0.399 e. The summed E-state index contributed by atoms with van der Waals surface area (Å²) in [6, 6.07) is 8.74. The van der Waals surface area contributed by atoms with E-state index in [1.807, 2.05) is 6.07 Å². The SMILES string of the molecule is Nc1ccc(C(=O)N2CCc3[nH]c(C=O)cc3C2)cc1. The molecule has 1 aliphatic rings. The Morgan fingerprint density at radius 1 is 1.30 bits per heavy atom. The molecule has 20 heavy (non-hydrogen) atoms. The summed E-state index contributed by atoms with van der Waals surface area (Å²) in [7, 11) is 0. The summed E-state index contributed by atoms with van der Waals surface area (Å²) in [6.07, 6.45) is 1.54. The number of H-pyrrole nitrogens is 1. The summed E-state index contributed by atoms with van der Waals surface area (Å²) < 4.78 is 0. The summed E-state index contributed by atoms with van der Waals surface area (Å²) >= 11 is 0. The summed E-state index contributed by atoms with van der Waals surface area (Å²) in [5, 5.41) is 0. The highest BCUT2D eigenvalue weighted by atomic mass is 16.2. The Morgan fingerprint density at radius 2 is 2.05 bits per heavy atom. The summed E-state index contributed by atoms with van der Waals surface area (Å²) in [5.74, 6) is -0.00972. The van der Waals surface area contributed by atoms with Gasteiger partial charge in [0.25, 0.3) is 5.91 Å². The average Bonchev–Trinajstić information content (AvgIpc) is 2.89. The second-order valence-electron chi connectivity index (χ2n) is 4.95. The largest absolute Gasteiger partial charge is 0.399 e. The van der Waals surface area contributed by atoms with Gasteiger partial charge in [0.1, 0.15) is 0 Å². The molecule has 0 aliphatic carbocycles. The van der Waals surface area contributed by atoms with Gasteiger partial charge in [0.2, 0.25) is 0 Å². The number of amides is 1. The summed E-state index contributed by atoms with van der Waals surface area (Å²) in [6.45, 7) is 1.18. The second-order valence-corrected chi connectivity index (χ2v) is 4.95. The lowest BCUT2D eigenvalue weighted by atomic mass is 10.1. The Hall–Kier alpha value is -2.56. The highest BCUT2D eigenvalue weighted by Crippen LogP contribution is 2.21. The van der Waals surface area contributed by atoms with Crippen LogP contribution in [0.3, 0.4) is 0 Å². The number of nitrogen functional groups attached to an aromatic ring is 1. The van der Waals surface area contributed by atoms with Crippen LogP contribution in [0.1, 0.15) is 32.1 Å². The van der Waals surface area contributed by atoms with Crippen molar-refractivity contribution in [2.45, 2.75) is 13.0 Å². The fraction of sp³-hybridized carbons (Fsp3) is 0.200. The van der Waals surface area contributed by atoms with Crippen LogP contribution < -0.4 is 5.73 Å². The van der Waals surface area contributed by atoms with Gasteiger partial charge >= 0.3 is 0 Å². The third-order valence-electron chi connectivity index (χ3n) is 3.58. The summed E-state index contributed by atoms with van der Waals surface area (Å²) in [4.78, 5) is 28.0. The predicted molar refractivity (Wildman–Crippen MR) is 75.5 cm³/mol. The maximum atomic E-state index is 12.4. The standard InChI is InChI=1S/C15H15N3O2/c16-12-3-1-10(2-4-12)15(20)18-6-5-14-11(8-18)7-13(9-19)17-14/h1-4,7,9,17H,5-6,8,16H2. The summed E-state index contributed by atoms with van der Waals surface area (Å²) in [5.41, 5.74) is 9.53. The van der Waals surface area contributed by atoms with E-state index in [0.717, 1.165) is 24.0 Å². The van der Waals surface area contributed by atoms with Crippen LogP contribution in [-0.2, 0) is 13.0 Å². The molecule has 1 aliphatic heterocycles. The van der Waals surface area contributed by atoms with Crippen molar-refractivity contribution in [1.82, 2.24) is 9.88 Å². The molecule has 1 aromatic heterocycles. The number of rotatable bonds is 2. The number of nitrogens with zero attached hydrogens (tertiary/aromatic N) is 1. The fourth-order valence-corrected chi connectivity index (χ4v) is 2.51. The van der Waals surface area contributed by atoms with Crippen molar-refractivity contribution >= 4 is 17.9 Å². The van der Waals surface area contributed by atoms with Gasteiger partial charge < -0.3 is 15.6 Å². The Morgan fingerprint density at radius 3 is 2.75 bits per heavy atom. The van der Waals surface area contributed by atoms with Crippen LogP contribution in [-0.4, -0.2) is 28.6 Å². The molecule has 0 saturated carbocycles. The van der Waals surface area contributed by atoms with Gasteiger partial charge in [0.05, 0.1) is 5.69 Å². The smallest absolute Gasteiger partial charge is 0.254 e.